The van der Waals surface area contributed by atoms with Crippen LogP contribution in [-0.4, -0.2) is 34.4 Å². The molecule has 0 heterocycles. The molecule has 2 rings (SSSR count). The van der Waals surface area contributed by atoms with Gasteiger partial charge in [0.15, 0.2) is 6.61 Å². The second-order valence-corrected chi connectivity index (χ2v) is 5.96. The molecule has 0 saturated carbocycles. The third kappa shape index (κ3) is 5.51. The van der Waals surface area contributed by atoms with Gasteiger partial charge in [0.2, 0.25) is 0 Å². The predicted molar refractivity (Wildman–Crippen MR) is 94.8 cm³/mol. The number of hydrazine groups is 1. The van der Waals surface area contributed by atoms with Crippen LogP contribution in [0.15, 0.2) is 46.9 Å². The fourth-order valence-corrected chi connectivity index (χ4v) is 2.21. The highest BCUT2D eigenvalue weighted by molar-refractivity contribution is 9.10. The van der Waals surface area contributed by atoms with E-state index in [0.717, 1.165) is 12.1 Å². The number of amides is 2. The SMILES string of the molecule is O=C(COC(=O)c1cc(Br)ccc1O)NNC(=O)c1ccc([N+](=O)[O-])cc1. The van der Waals surface area contributed by atoms with E-state index in [4.69, 9.17) is 4.74 Å². The molecule has 0 saturated heterocycles. The van der Waals surface area contributed by atoms with E-state index in [-0.39, 0.29) is 22.6 Å². The number of esters is 1. The summed E-state index contributed by atoms with van der Waals surface area (Å²) >= 11 is 3.14. The number of nitrogens with zero attached hydrogens (tertiary/aromatic N) is 1. The minimum atomic E-state index is -0.925. The van der Waals surface area contributed by atoms with Gasteiger partial charge in [0.25, 0.3) is 17.5 Å². The Hall–Kier alpha value is -3.47. The lowest BCUT2D eigenvalue weighted by Crippen LogP contribution is -2.43. The molecule has 27 heavy (non-hydrogen) atoms. The van der Waals surface area contributed by atoms with Crippen molar-refractivity contribution in [3.05, 3.63) is 68.2 Å². The number of benzene rings is 2. The number of hydrogen-bond acceptors (Lipinski definition) is 7. The zero-order valence-electron chi connectivity index (χ0n) is 13.5. The Labute approximate surface area is 160 Å². The largest absolute Gasteiger partial charge is 0.507 e. The zero-order valence-corrected chi connectivity index (χ0v) is 15.1. The molecule has 0 unspecified atom stereocenters. The van der Waals surface area contributed by atoms with Gasteiger partial charge in [-0.1, -0.05) is 15.9 Å². The summed E-state index contributed by atoms with van der Waals surface area (Å²) < 4.78 is 5.28. The molecule has 10 nitrogen and oxygen atoms in total. The summed E-state index contributed by atoms with van der Waals surface area (Å²) in [6.45, 7) is -0.703. The van der Waals surface area contributed by atoms with Crippen LogP contribution in [0.1, 0.15) is 20.7 Å². The van der Waals surface area contributed by atoms with Crippen molar-refractivity contribution in [2.45, 2.75) is 0 Å². The van der Waals surface area contributed by atoms with Gasteiger partial charge in [-0.05, 0) is 30.3 Å². The summed E-state index contributed by atoms with van der Waals surface area (Å²) in [6, 6.07) is 8.85. The third-order valence-corrected chi connectivity index (χ3v) is 3.66. The fraction of sp³-hybridized carbons (Fsp3) is 0.0625. The molecule has 140 valence electrons. The number of non-ortho nitro benzene ring substituents is 1. The van der Waals surface area contributed by atoms with Gasteiger partial charge in [0.05, 0.1) is 4.92 Å². The molecule has 0 fully saturated rings. The van der Waals surface area contributed by atoms with Crippen molar-refractivity contribution in [2.24, 2.45) is 0 Å². The van der Waals surface area contributed by atoms with Gasteiger partial charge in [-0.15, -0.1) is 0 Å². The van der Waals surface area contributed by atoms with Crippen LogP contribution in [0, 0.1) is 10.1 Å². The first-order valence-corrected chi connectivity index (χ1v) is 8.06. The molecular weight excluding hydrogens is 426 g/mol. The first kappa shape index (κ1) is 19.8. The second-order valence-electron chi connectivity index (χ2n) is 5.04. The average Bonchev–Trinajstić information content (AvgIpc) is 2.66. The Morgan fingerprint density at radius 3 is 2.41 bits per heavy atom. The minimum absolute atomic E-state index is 0.0805. The van der Waals surface area contributed by atoms with E-state index in [1.165, 1.54) is 30.3 Å². The summed E-state index contributed by atoms with van der Waals surface area (Å²) in [5.74, 6) is -2.77. The van der Waals surface area contributed by atoms with Gasteiger partial charge in [0, 0.05) is 22.2 Å². The lowest BCUT2D eigenvalue weighted by Gasteiger charge is -2.09. The van der Waals surface area contributed by atoms with Gasteiger partial charge < -0.3 is 9.84 Å². The van der Waals surface area contributed by atoms with Crippen molar-refractivity contribution < 1.29 is 29.2 Å². The van der Waals surface area contributed by atoms with Crippen molar-refractivity contribution in [3.63, 3.8) is 0 Å². The van der Waals surface area contributed by atoms with E-state index in [2.05, 4.69) is 21.4 Å². The highest BCUT2D eigenvalue weighted by Gasteiger charge is 2.15. The first-order chi connectivity index (χ1) is 12.8. The number of ether oxygens (including phenoxy) is 1. The number of rotatable bonds is 5. The Morgan fingerprint density at radius 2 is 1.78 bits per heavy atom. The molecule has 0 aliphatic rings. The maximum atomic E-state index is 11.8. The van der Waals surface area contributed by atoms with Crippen molar-refractivity contribution in [1.29, 1.82) is 0 Å². The van der Waals surface area contributed by atoms with Crippen LogP contribution >= 0.6 is 15.9 Å². The number of aromatic hydroxyl groups is 1. The number of phenolic OH excluding ortho intramolecular Hbond substituents is 1. The van der Waals surface area contributed by atoms with E-state index in [0.29, 0.717) is 4.47 Å². The number of nitro benzene ring substituents is 1. The number of nitro groups is 1. The van der Waals surface area contributed by atoms with E-state index in [1.807, 2.05) is 5.43 Å². The van der Waals surface area contributed by atoms with Gasteiger partial charge in [-0.2, -0.15) is 0 Å². The Balaban J connectivity index is 1.83. The lowest BCUT2D eigenvalue weighted by atomic mass is 10.2. The van der Waals surface area contributed by atoms with Crippen molar-refractivity contribution in [2.75, 3.05) is 6.61 Å². The lowest BCUT2D eigenvalue weighted by molar-refractivity contribution is -0.384. The van der Waals surface area contributed by atoms with Crippen molar-refractivity contribution in [1.82, 2.24) is 10.9 Å². The minimum Gasteiger partial charge on any atom is -0.507 e. The first-order valence-electron chi connectivity index (χ1n) is 7.27. The molecule has 2 amide bonds. The summed E-state index contributed by atoms with van der Waals surface area (Å²) in [5, 5.41) is 20.2. The van der Waals surface area contributed by atoms with Crippen LogP contribution in [0.4, 0.5) is 5.69 Å². The molecule has 11 heteroatoms. The number of nitrogens with one attached hydrogen (secondary N) is 2. The molecule has 2 aromatic carbocycles. The van der Waals surface area contributed by atoms with E-state index in [1.54, 1.807) is 0 Å². The van der Waals surface area contributed by atoms with Crippen LogP contribution in [0.2, 0.25) is 0 Å². The predicted octanol–water partition coefficient (Wildman–Crippen LogP) is 1.68. The van der Waals surface area contributed by atoms with Crippen LogP contribution in [-0.2, 0) is 9.53 Å². The summed E-state index contributed by atoms with van der Waals surface area (Å²) in [7, 11) is 0. The molecule has 0 bridgehead atoms. The summed E-state index contributed by atoms with van der Waals surface area (Å²) in [5.41, 5.74) is 3.87. The smallest absolute Gasteiger partial charge is 0.342 e. The molecule has 0 aliphatic carbocycles. The second kappa shape index (κ2) is 8.76. The number of hydrogen-bond donors (Lipinski definition) is 3. The number of carbonyl (C=O) groups is 3. The van der Waals surface area contributed by atoms with E-state index >= 15 is 0 Å². The molecule has 3 N–H and O–H groups in total. The van der Waals surface area contributed by atoms with Gasteiger partial charge in [-0.25, -0.2) is 4.79 Å². The van der Waals surface area contributed by atoms with Crippen molar-refractivity contribution >= 4 is 39.4 Å². The third-order valence-electron chi connectivity index (χ3n) is 3.17. The highest BCUT2D eigenvalue weighted by Crippen LogP contribution is 2.22. The normalized spacial score (nSPS) is 9.96. The van der Waals surface area contributed by atoms with E-state index < -0.39 is 29.3 Å². The van der Waals surface area contributed by atoms with Crippen molar-refractivity contribution in [3.8, 4) is 5.75 Å². The van der Waals surface area contributed by atoms with Crippen LogP contribution < -0.4 is 10.9 Å². The Bertz CT molecular complexity index is 899. The number of carbonyl (C=O) groups excluding carboxylic acids is 3. The maximum absolute atomic E-state index is 11.8. The number of phenols is 1. The van der Waals surface area contributed by atoms with Gasteiger partial charge >= 0.3 is 5.97 Å². The molecule has 0 aliphatic heterocycles. The maximum Gasteiger partial charge on any atom is 0.342 e. The molecule has 0 atom stereocenters. The quantitative estimate of drug-likeness (QED) is 0.366. The van der Waals surface area contributed by atoms with Crippen LogP contribution in [0.25, 0.3) is 0 Å². The van der Waals surface area contributed by atoms with E-state index in [9.17, 15) is 29.6 Å². The van der Waals surface area contributed by atoms with Crippen LogP contribution in [0.3, 0.4) is 0 Å². The Morgan fingerprint density at radius 1 is 1.11 bits per heavy atom. The van der Waals surface area contributed by atoms with Gasteiger partial charge in [0.1, 0.15) is 11.3 Å². The highest BCUT2D eigenvalue weighted by atomic mass is 79.9. The standard InChI is InChI=1S/C16H12BrN3O7/c17-10-3-6-13(21)12(7-10)16(24)27-8-14(22)18-19-15(23)9-1-4-11(5-2-9)20(25)26/h1-7,21H,8H2,(H,18,22)(H,19,23). The topological polar surface area (TPSA) is 148 Å². The monoisotopic (exact) mass is 437 g/mol. The summed E-state index contributed by atoms with van der Waals surface area (Å²) in [6.07, 6.45) is 0. The fourth-order valence-electron chi connectivity index (χ4n) is 1.85. The number of halogens is 1. The van der Waals surface area contributed by atoms with Crippen LogP contribution in [0.5, 0.6) is 5.75 Å². The molecule has 0 aromatic heterocycles. The Kier molecular flexibility index (Phi) is 6.44. The molecular formula is C16H12BrN3O7. The molecule has 2 aromatic rings. The van der Waals surface area contributed by atoms with Gasteiger partial charge in [-0.3, -0.25) is 30.6 Å². The molecule has 0 radical (unpaired) electrons. The average molecular weight is 438 g/mol. The zero-order chi connectivity index (χ0) is 20.0. The molecule has 0 spiro atoms. The summed E-state index contributed by atoms with van der Waals surface area (Å²) in [4.78, 5) is 45.3.